The van der Waals surface area contributed by atoms with Gasteiger partial charge in [-0.15, -0.1) is 0 Å². The maximum absolute atomic E-state index is 8.90. The monoisotopic (exact) mass is 410 g/mol. The van der Waals surface area contributed by atoms with E-state index in [1.807, 2.05) is 0 Å². The van der Waals surface area contributed by atoms with Gasteiger partial charge >= 0.3 is 0 Å². The third-order valence-electron chi connectivity index (χ3n) is 5.39. The molecule has 30 heavy (non-hydrogen) atoms. The van der Waals surface area contributed by atoms with E-state index in [1.54, 1.807) is 0 Å². The average Bonchev–Trinajstić information content (AvgIpc) is 2.77. The van der Waals surface area contributed by atoms with Crippen LogP contribution in [0.3, 0.4) is 0 Å². The largest absolute Gasteiger partial charge is 0.490 e. The Morgan fingerprint density at radius 1 is 0.500 bits per heavy atom. The number of hydrogen-bond acceptors (Lipinski definition) is 4. The van der Waals surface area contributed by atoms with E-state index in [0.29, 0.717) is 13.2 Å². The Bertz CT molecular complexity index is 832. The lowest BCUT2D eigenvalue weighted by atomic mass is 10.0. The highest BCUT2D eigenvalue weighted by molar-refractivity contribution is 5.99. The maximum atomic E-state index is 8.90. The first-order valence-corrected chi connectivity index (χ1v) is 11.3. The summed E-state index contributed by atoms with van der Waals surface area (Å²) in [4.78, 5) is 0. The van der Waals surface area contributed by atoms with Crippen molar-refractivity contribution in [1.82, 2.24) is 0 Å². The molecule has 0 heterocycles. The smallest absolute Gasteiger partial charge is 0.161 e. The Kier molecular flexibility index (Phi) is 9.26. The van der Waals surface area contributed by atoms with Gasteiger partial charge in [0, 0.05) is 13.2 Å². The summed E-state index contributed by atoms with van der Waals surface area (Å²) in [5, 5.41) is 22.6. The Labute approximate surface area is 179 Å². The molecule has 0 spiro atoms. The van der Waals surface area contributed by atoms with Gasteiger partial charge < -0.3 is 19.7 Å². The Morgan fingerprint density at radius 2 is 0.933 bits per heavy atom. The summed E-state index contributed by atoms with van der Waals surface area (Å²) in [7, 11) is 0. The molecule has 0 unspecified atom stereocenters. The highest BCUT2D eigenvalue weighted by atomic mass is 16.5. The molecule has 162 valence electrons. The fraction of sp³-hybridized carbons (Fsp3) is 0.462. The van der Waals surface area contributed by atoms with E-state index in [4.69, 9.17) is 19.7 Å². The van der Waals surface area contributed by atoms with Crippen molar-refractivity contribution in [2.24, 2.45) is 0 Å². The zero-order chi connectivity index (χ0) is 21.0. The molecular weight excluding hydrogens is 376 g/mol. The van der Waals surface area contributed by atoms with Crippen molar-refractivity contribution in [2.75, 3.05) is 26.4 Å². The SMILES string of the molecule is OCCCCCCOc1cc2cc3ccccc3cc2cc1OCCCCCCO. The van der Waals surface area contributed by atoms with Crippen molar-refractivity contribution < 1.29 is 19.7 Å². The first-order valence-electron chi connectivity index (χ1n) is 11.3. The molecule has 3 rings (SSSR count). The Balaban J connectivity index is 1.72. The fourth-order valence-corrected chi connectivity index (χ4v) is 3.67. The van der Waals surface area contributed by atoms with Gasteiger partial charge in [-0.2, -0.15) is 0 Å². The van der Waals surface area contributed by atoms with Gasteiger partial charge in [-0.1, -0.05) is 37.1 Å². The number of aliphatic hydroxyl groups is 2. The zero-order valence-electron chi connectivity index (χ0n) is 17.8. The van der Waals surface area contributed by atoms with Crippen LogP contribution in [0.1, 0.15) is 51.4 Å². The second-order valence-corrected chi connectivity index (χ2v) is 7.82. The molecule has 0 aromatic heterocycles. The van der Waals surface area contributed by atoms with Gasteiger partial charge in [-0.25, -0.2) is 0 Å². The van der Waals surface area contributed by atoms with E-state index in [-0.39, 0.29) is 13.2 Å². The van der Waals surface area contributed by atoms with E-state index >= 15 is 0 Å². The Morgan fingerprint density at radius 3 is 1.37 bits per heavy atom. The molecule has 0 atom stereocenters. The topological polar surface area (TPSA) is 58.9 Å². The first-order chi connectivity index (χ1) is 14.8. The fourth-order valence-electron chi connectivity index (χ4n) is 3.67. The molecule has 0 aliphatic rings. The number of rotatable bonds is 14. The minimum Gasteiger partial charge on any atom is -0.490 e. The van der Waals surface area contributed by atoms with E-state index < -0.39 is 0 Å². The second-order valence-electron chi connectivity index (χ2n) is 7.82. The van der Waals surface area contributed by atoms with Crippen molar-refractivity contribution in [3.05, 3.63) is 48.5 Å². The molecule has 0 radical (unpaired) electrons. The van der Waals surface area contributed by atoms with Gasteiger partial charge in [0.1, 0.15) is 0 Å². The second kappa shape index (κ2) is 12.4. The van der Waals surface area contributed by atoms with Crippen molar-refractivity contribution in [3.63, 3.8) is 0 Å². The molecule has 0 aliphatic heterocycles. The quantitative estimate of drug-likeness (QED) is 0.258. The predicted octanol–water partition coefficient (Wildman–Crippen LogP) is 5.86. The summed E-state index contributed by atoms with van der Waals surface area (Å²) in [6, 6.07) is 17.0. The van der Waals surface area contributed by atoms with Gasteiger partial charge in [0.15, 0.2) is 11.5 Å². The van der Waals surface area contributed by atoms with Crippen LogP contribution in [0.2, 0.25) is 0 Å². The van der Waals surface area contributed by atoms with Gasteiger partial charge in [0.2, 0.25) is 0 Å². The minimum atomic E-state index is 0.260. The van der Waals surface area contributed by atoms with Crippen LogP contribution in [-0.4, -0.2) is 36.6 Å². The molecule has 0 aliphatic carbocycles. The molecule has 4 heteroatoms. The highest BCUT2D eigenvalue weighted by Crippen LogP contribution is 2.35. The summed E-state index contributed by atoms with van der Waals surface area (Å²) >= 11 is 0. The molecule has 0 fully saturated rings. The number of fused-ring (bicyclic) bond motifs is 2. The maximum Gasteiger partial charge on any atom is 0.161 e. The van der Waals surface area contributed by atoms with Gasteiger partial charge in [-0.05, 0) is 84.3 Å². The molecule has 4 nitrogen and oxygen atoms in total. The first kappa shape index (κ1) is 22.4. The van der Waals surface area contributed by atoms with Gasteiger partial charge in [0.05, 0.1) is 13.2 Å². The molecule has 0 bridgehead atoms. The molecule has 0 saturated heterocycles. The highest BCUT2D eigenvalue weighted by Gasteiger charge is 2.09. The van der Waals surface area contributed by atoms with Crippen molar-refractivity contribution in [1.29, 1.82) is 0 Å². The van der Waals surface area contributed by atoms with E-state index in [0.717, 1.165) is 73.6 Å². The predicted molar refractivity (Wildman–Crippen MR) is 124 cm³/mol. The van der Waals surface area contributed by atoms with Crippen molar-refractivity contribution in [3.8, 4) is 11.5 Å². The number of benzene rings is 3. The van der Waals surface area contributed by atoms with Crippen LogP contribution in [0.5, 0.6) is 11.5 Å². The van der Waals surface area contributed by atoms with Crippen LogP contribution in [-0.2, 0) is 0 Å². The number of aliphatic hydroxyl groups excluding tert-OH is 2. The lowest BCUT2D eigenvalue weighted by Gasteiger charge is -2.15. The molecule has 0 saturated carbocycles. The van der Waals surface area contributed by atoms with Crippen LogP contribution < -0.4 is 9.47 Å². The van der Waals surface area contributed by atoms with E-state index in [1.165, 1.54) is 10.8 Å². The summed E-state index contributed by atoms with van der Waals surface area (Å²) in [6.45, 7) is 1.82. The van der Waals surface area contributed by atoms with Crippen LogP contribution in [0.4, 0.5) is 0 Å². The number of unbranched alkanes of at least 4 members (excludes halogenated alkanes) is 6. The van der Waals surface area contributed by atoms with Gasteiger partial charge in [-0.3, -0.25) is 0 Å². The number of hydrogen-bond donors (Lipinski definition) is 2. The summed E-state index contributed by atoms with van der Waals surface area (Å²) in [5.41, 5.74) is 0. The number of ether oxygens (including phenoxy) is 2. The third-order valence-corrected chi connectivity index (χ3v) is 5.39. The van der Waals surface area contributed by atoms with Crippen LogP contribution in [0.25, 0.3) is 21.5 Å². The summed E-state index contributed by atoms with van der Waals surface area (Å²) in [6.07, 6.45) is 7.81. The van der Waals surface area contributed by atoms with Crippen LogP contribution in [0.15, 0.2) is 48.5 Å². The molecule has 3 aromatic carbocycles. The van der Waals surface area contributed by atoms with Gasteiger partial charge in [0.25, 0.3) is 0 Å². The lowest BCUT2D eigenvalue weighted by molar-refractivity contribution is 0.251. The average molecular weight is 411 g/mol. The van der Waals surface area contributed by atoms with E-state index in [2.05, 4.69) is 48.5 Å². The van der Waals surface area contributed by atoms with E-state index in [9.17, 15) is 0 Å². The zero-order valence-corrected chi connectivity index (χ0v) is 17.8. The standard InChI is InChI=1S/C26H34O4/c27-13-7-1-3-9-15-29-25-19-23-17-21-11-5-6-12-22(21)18-24(23)20-26(25)30-16-10-4-2-8-14-28/h5-6,11-12,17-20,27-28H,1-4,7-10,13-16H2. The molecule has 0 amide bonds. The molecular formula is C26H34O4. The van der Waals surface area contributed by atoms with Crippen LogP contribution >= 0.6 is 0 Å². The minimum absolute atomic E-state index is 0.260. The van der Waals surface area contributed by atoms with Crippen molar-refractivity contribution in [2.45, 2.75) is 51.4 Å². The van der Waals surface area contributed by atoms with Crippen molar-refractivity contribution >= 4 is 21.5 Å². The molecule has 3 aromatic rings. The lowest BCUT2D eigenvalue weighted by Crippen LogP contribution is -2.03. The summed E-state index contributed by atoms with van der Waals surface area (Å²) in [5.74, 6) is 1.60. The summed E-state index contributed by atoms with van der Waals surface area (Å²) < 4.78 is 12.2. The normalized spacial score (nSPS) is 11.3. The van der Waals surface area contributed by atoms with Crippen LogP contribution in [0, 0.1) is 0 Å². The molecule has 2 N–H and O–H groups in total. The Hall–Kier alpha value is -2.30. The third kappa shape index (κ3) is 6.61.